The molecule has 0 aromatic carbocycles. The Labute approximate surface area is 87.5 Å². The predicted molar refractivity (Wildman–Crippen MR) is 51.2 cm³/mol. The fourth-order valence-corrected chi connectivity index (χ4v) is 1.16. The van der Waals surface area contributed by atoms with E-state index >= 15 is 0 Å². The molecule has 0 aliphatic heterocycles. The Morgan fingerprint density at radius 3 is 2.93 bits per heavy atom. The van der Waals surface area contributed by atoms with Crippen LogP contribution in [0.3, 0.4) is 0 Å². The molecular weight excluding hydrogens is 184 g/mol. The summed E-state index contributed by atoms with van der Waals surface area (Å²) >= 11 is 0. The van der Waals surface area contributed by atoms with Gasteiger partial charge in [0.25, 0.3) is 5.56 Å². The fourth-order valence-electron chi connectivity index (χ4n) is 1.16. The van der Waals surface area contributed by atoms with Crippen molar-refractivity contribution in [1.29, 1.82) is 0 Å². The molecule has 0 radical (unpaired) electrons. The summed E-state index contributed by atoms with van der Waals surface area (Å²) in [5, 5.41) is 0. The van der Waals surface area contributed by atoms with Gasteiger partial charge in [0.15, 0.2) is 11.2 Å². The third-order valence-electron chi connectivity index (χ3n) is 1.92. The van der Waals surface area contributed by atoms with E-state index in [2.05, 4.69) is 4.98 Å². The molecule has 0 atom stereocenters. The molecule has 0 bridgehead atoms. The van der Waals surface area contributed by atoms with Gasteiger partial charge in [-0.15, -0.1) is 0 Å². The molecule has 6 heteroatoms. The molecule has 0 spiro atoms. The summed E-state index contributed by atoms with van der Waals surface area (Å²) in [5.74, 6) is 0. The molecule has 0 aliphatic rings. The highest BCUT2D eigenvalue weighted by Crippen LogP contribution is 2.01. The lowest BCUT2D eigenvalue weighted by Crippen LogP contribution is -2.37. The molecule has 2 heterocycles. The Morgan fingerprint density at radius 2 is 2.29 bits per heavy atom. The van der Waals surface area contributed by atoms with E-state index in [1.807, 2.05) is 0 Å². The van der Waals surface area contributed by atoms with Crippen LogP contribution in [-0.4, -0.2) is 18.7 Å². The summed E-state index contributed by atoms with van der Waals surface area (Å²) in [6.07, 6.45) is -0.739. The molecule has 2 aromatic rings. The van der Waals surface area contributed by atoms with Gasteiger partial charge in [0.2, 0.25) is 0 Å². The molecule has 14 heavy (non-hydrogen) atoms. The SMILES string of the molecule is [2H]c1nc2c(c(=O)n(C)c(=O)n2C([2H])[2H])n1C([2H])([2H])[2H]. The molecule has 6 nitrogen and oxygen atoms in total. The van der Waals surface area contributed by atoms with E-state index < -0.39 is 42.7 Å². The number of fused-ring (bicyclic) bond motifs is 1. The van der Waals surface area contributed by atoms with Crippen LogP contribution < -0.4 is 11.2 Å². The van der Waals surface area contributed by atoms with Gasteiger partial charge in [0.1, 0.15) is 1.37 Å². The highest BCUT2D eigenvalue weighted by atomic mass is 16.2. The quantitative estimate of drug-likeness (QED) is 0.546. The van der Waals surface area contributed by atoms with E-state index in [1.54, 1.807) is 0 Å². The number of nitrogens with zero attached hydrogens (tertiary/aromatic N) is 4. The van der Waals surface area contributed by atoms with Crippen molar-refractivity contribution in [3.05, 3.63) is 27.1 Å². The Bertz CT molecular complexity index is 798. The minimum atomic E-state index is -2.83. The molecule has 0 amide bonds. The second kappa shape index (κ2) is 2.57. The number of aryl methyl sites for hydroxylation is 2. The normalized spacial score (nSPS) is 18.4. The van der Waals surface area contributed by atoms with E-state index in [1.165, 1.54) is 0 Å². The van der Waals surface area contributed by atoms with Crippen molar-refractivity contribution < 1.29 is 8.22 Å². The van der Waals surface area contributed by atoms with Gasteiger partial charge in [0.05, 0.1) is 6.30 Å². The second-order valence-electron chi connectivity index (χ2n) is 2.74. The molecule has 0 unspecified atom stereocenters. The smallest absolute Gasteiger partial charge is 0.328 e. The van der Waals surface area contributed by atoms with Gasteiger partial charge < -0.3 is 4.57 Å². The molecule has 0 aliphatic carbocycles. The third kappa shape index (κ3) is 0.876. The lowest BCUT2D eigenvalue weighted by atomic mass is 10.5. The number of imidazole rings is 1. The van der Waals surface area contributed by atoms with Gasteiger partial charge in [-0.05, 0) is 0 Å². The van der Waals surface area contributed by atoms with Crippen molar-refractivity contribution in [3.63, 3.8) is 0 Å². The lowest BCUT2D eigenvalue weighted by Gasteiger charge is -2.02. The summed E-state index contributed by atoms with van der Waals surface area (Å²) < 4.78 is 45.6. The van der Waals surface area contributed by atoms with Gasteiger partial charge in [0, 0.05) is 27.9 Å². The summed E-state index contributed by atoms with van der Waals surface area (Å²) in [7, 11) is 1.10. The average molecular weight is 200 g/mol. The van der Waals surface area contributed by atoms with Gasteiger partial charge in [-0.25, -0.2) is 9.78 Å². The van der Waals surface area contributed by atoms with Gasteiger partial charge in [-0.2, -0.15) is 0 Å². The second-order valence-corrected chi connectivity index (χ2v) is 2.74. The highest BCUT2D eigenvalue weighted by Gasteiger charge is 2.11. The van der Waals surface area contributed by atoms with Crippen LogP contribution in [-0.2, 0) is 21.0 Å². The topological polar surface area (TPSA) is 61.8 Å². The largest absolute Gasteiger partial charge is 0.332 e. The van der Waals surface area contributed by atoms with Gasteiger partial charge >= 0.3 is 5.69 Å². The van der Waals surface area contributed by atoms with E-state index in [-0.39, 0.29) is 0 Å². The first-order chi connectivity index (χ1) is 9.07. The molecule has 2 rings (SSSR count). The first-order valence-corrected chi connectivity index (χ1v) is 3.63. The van der Waals surface area contributed by atoms with Crippen molar-refractivity contribution in [1.82, 2.24) is 18.7 Å². The van der Waals surface area contributed by atoms with Crippen LogP contribution in [0.25, 0.3) is 11.2 Å². The summed E-state index contributed by atoms with van der Waals surface area (Å²) in [6.45, 7) is -4.66. The van der Waals surface area contributed by atoms with Gasteiger partial charge in [-0.3, -0.25) is 13.9 Å². The first-order valence-electron chi connectivity index (χ1n) is 6.78. The van der Waals surface area contributed by atoms with E-state index in [9.17, 15) is 9.59 Å². The van der Waals surface area contributed by atoms with Crippen molar-refractivity contribution in [2.75, 3.05) is 0 Å². The fraction of sp³-hybridized carbons (Fsp3) is 0.375. The van der Waals surface area contributed by atoms with E-state index in [0.717, 1.165) is 7.05 Å². The maximum atomic E-state index is 12.0. The summed E-state index contributed by atoms with van der Waals surface area (Å²) in [5.41, 5.74) is -2.85. The Morgan fingerprint density at radius 1 is 1.50 bits per heavy atom. The minimum Gasteiger partial charge on any atom is -0.328 e. The number of aromatic nitrogens is 4. The van der Waals surface area contributed by atoms with E-state index in [4.69, 9.17) is 8.22 Å². The molecule has 0 saturated heterocycles. The molecule has 0 fully saturated rings. The van der Waals surface area contributed by atoms with Crippen LogP contribution in [0.5, 0.6) is 0 Å². The monoisotopic (exact) mass is 200 g/mol. The maximum absolute atomic E-state index is 12.0. The Balaban J connectivity index is 3.15. The minimum absolute atomic E-state index is 0.406. The van der Waals surface area contributed by atoms with Crippen LogP contribution in [0.15, 0.2) is 15.9 Å². The zero-order chi connectivity index (χ0) is 15.4. The van der Waals surface area contributed by atoms with Gasteiger partial charge in [-0.1, -0.05) is 0 Å². The first kappa shape index (κ1) is 4.12. The summed E-state index contributed by atoms with van der Waals surface area (Å²) in [4.78, 5) is 27.4. The molecule has 0 saturated carbocycles. The summed E-state index contributed by atoms with van der Waals surface area (Å²) in [6, 6.07) is 0. The van der Waals surface area contributed by atoms with Crippen LogP contribution in [0, 0.1) is 0 Å². The standard InChI is InChI=1S/C8H10N4O2/c1-10-4-9-6-5(10)7(13)12(3)8(14)11(6)2/h4H,1-3H3/i1D3,2D2,4D. The molecular formula is C8H10N4O2. The number of hydrogen-bond acceptors (Lipinski definition) is 3. The molecule has 74 valence electrons. The number of hydrogen-bond donors (Lipinski definition) is 0. The zero-order valence-corrected chi connectivity index (χ0v) is 7.18. The van der Waals surface area contributed by atoms with Crippen molar-refractivity contribution in [2.45, 2.75) is 0 Å². The number of rotatable bonds is 0. The van der Waals surface area contributed by atoms with Crippen molar-refractivity contribution in [3.8, 4) is 0 Å². The lowest BCUT2D eigenvalue weighted by molar-refractivity contribution is 0.705. The van der Waals surface area contributed by atoms with E-state index in [0.29, 0.717) is 13.7 Å². The Kier molecular flexibility index (Phi) is 0.756. The van der Waals surface area contributed by atoms with Crippen LogP contribution >= 0.6 is 0 Å². The Hall–Kier alpha value is -1.85. The van der Waals surface area contributed by atoms with Crippen LogP contribution in [0.2, 0.25) is 0 Å². The van der Waals surface area contributed by atoms with Crippen LogP contribution in [0.4, 0.5) is 0 Å². The van der Waals surface area contributed by atoms with Crippen LogP contribution in [0.1, 0.15) is 8.22 Å². The molecule has 0 N–H and O–H groups in total. The van der Waals surface area contributed by atoms with Crippen molar-refractivity contribution in [2.24, 2.45) is 21.0 Å². The predicted octanol–water partition coefficient (Wildman–Crippen LogP) is -1.03. The maximum Gasteiger partial charge on any atom is 0.332 e. The zero-order valence-electron chi connectivity index (χ0n) is 13.2. The van der Waals surface area contributed by atoms with Crippen molar-refractivity contribution >= 4 is 11.2 Å². The third-order valence-corrected chi connectivity index (χ3v) is 1.92. The average Bonchev–Trinajstić information content (AvgIpc) is 2.62. The molecule has 2 aromatic heterocycles. The highest BCUT2D eigenvalue weighted by molar-refractivity contribution is 5.69.